The van der Waals surface area contributed by atoms with Crippen molar-refractivity contribution in [3.05, 3.63) is 59.7 Å². The highest BCUT2D eigenvalue weighted by molar-refractivity contribution is 5.90. The van der Waals surface area contributed by atoms with Gasteiger partial charge in [0.05, 0.1) is 13.7 Å². The smallest absolute Gasteiger partial charge is 0.319 e. The molecule has 4 nitrogen and oxygen atoms in total. The van der Waals surface area contributed by atoms with Gasteiger partial charge in [-0.2, -0.15) is 0 Å². The number of urea groups is 1. The normalized spacial score (nSPS) is 10.6. The number of nitrogens with two attached hydrogens (primary N) is 1. The van der Waals surface area contributed by atoms with Gasteiger partial charge in [0.1, 0.15) is 5.75 Å². The first-order chi connectivity index (χ1) is 13.1. The number of primary amides is 1. The van der Waals surface area contributed by atoms with E-state index in [0.717, 1.165) is 23.4 Å². The molecule has 0 saturated carbocycles. The molecule has 2 aromatic rings. The number of amides is 2. The van der Waals surface area contributed by atoms with Crippen LogP contribution in [0.2, 0.25) is 0 Å². The molecule has 2 rings (SSSR count). The molecule has 146 valence electrons. The maximum absolute atomic E-state index is 12.0. The van der Waals surface area contributed by atoms with E-state index in [-0.39, 0.29) is 0 Å². The van der Waals surface area contributed by atoms with Crippen LogP contribution >= 0.6 is 0 Å². The van der Waals surface area contributed by atoms with Crippen molar-refractivity contribution in [3.8, 4) is 5.75 Å². The van der Waals surface area contributed by atoms with Crippen molar-refractivity contribution in [1.82, 2.24) is 0 Å². The van der Waals surface area contributed by atoms with Crippen LogP contribution in [-0.2, 0) is 13.0 Å². The molecule has 0 radical (unpaired) electrons. The second-order valence-electron chi connectivity index (χ2n) is 6.96. The van der Waals surface area contributed by atoms with Crippen LogP contribution in [0.25, 0.3) is 0 Å². The van der Waals surface area contributed by atoms with Crippen LogP contribution in [0.3, 0.4) is 0 Å². The highest BCUT2D eigenvalue weighted by Gasteiger charge is 2.13. The Bertz CT molecular complexity index is 698. The lowest BCUT2D eigenvalue weighted by atomic mass is 10.0. The van der Waals surface area contributed by atoms with Crippen LogP contribution in [0, 0.1) is 0 Å². The van der Waals surface area contributed by atoms with Gasteiger partial charge in [-0.15, -0.1) is 0 Å². The average Bonchev–Trinajstić information content (AvgIpc) is 2.69. The standard InChI is InChI=1S/C23H32N2O2/c1-3-4-5-6-7-8-10-19-13-15-21(16-14-19)25(23(24)26)18-20-11-9-12-22(17-20)27-2/h9,11-17H,3-8,10,18H2,1-2H3,(H2,24,26). The van der Waals surface area contributed by atoms with Gasteiger partial charge in [0.2, 0.25) is 0 Å². The third-order valence-corrected chi connectivity index (χ3v) is 4.81. The highest BCUT2D eigenvalue weighted by atomic mass is 16.5. The van der Waals surface area contributed by atoms with Crippen LogP contribution in [0.1, 0.15) is 56.6 Å². The van der Waals surface area contributed by atoms with Gasteiger partial charge < -0.3 is 10.5 Å². The van der Waals surface area contributed by atoms with Crippen molar-refractivity contribution in [2.24, 2.45) is 5.73 Å². The minimum atomic E-state index is -0.457. The lowest BCUT2D eigenvalue weighted by Gasteiger charge is -2.21. The van der Waals surface area contributed by atoms with E-state index >= 15 is 0 Å². The molecular formula is C23H32N2O2. The summed E-state index contributed by atoms with van der Waals surface area (Å²) in [6.45, 7) is 2.66. The van der Waals surface area contributed by atoms with E-state index < -0.39 is 6.03 Å². The van der Waals surface area contributed by atoms with Crippen molar-refractivity contribution >= 4 is 11.7 Å². The summed E-state index contributed by atoms with van der Waals surface area (Å²) in [6, 6.07) is 15.4. The molecule has 0 spiro atoms. The SMILES string of the molecule is CCCCCCCCc1ccc(N(Cc2cccc(OC)c2)C(N)=O)cc1. The Morgan fingerprint density at radius 2 is 1.67 bits per heavy atom. The monoisotopic (exact) mass is 368 g/mol. The molecule has 0 aliphatic carbocycles. The first-order valence-corrected chi connectivity index (χ1v) is 9.93. The first-order valence-electron chi connectivity index (χ1n) is 9.93. The molecule has 0 atom stereocenters. The largest absolute Gasteiger partial charge is 0.497 e. The number of aryl methyl sites for hydroxylation is 1. The molecule has 2 N–H and O–H groups in total. The van der Waals surface area contributed by atoms with E-state index in [4.69, 9.17) is 10.5 Å². The summed E-state index contributed by atoms with van der Waals surface area (Å²) in [5.74, 6) is 0.770. The fourth-order valence-electron chi connectivity index (χ4n) is 3.20. The van der Waals surface area contributed by atoms with Gasteiger partial charge in [-0.25, -0.2) is 4.79 Å². The number of hydrogen-bond donors (Lipinski definition) is 1. The molecule has 0 bridgehead atoms. The summed E-state index contributed by atoms with van der Waals surface area (Å²) >= 11 is 0. The topological polar surface area (TPSA) is 55.6 Å². The number of unbranched alkanes of at least 4 members (excludes halogenated alkanes) is 5. The zero-order valence-electron chi connectivity index (χ0n) is 16.6. The van der Waals surface area contributed by atoms with Gasteiger partial charge >= 0.3 is 6.03 Å². The van der Waals surface area contributed by atoms with Gasteiger partial charge in [-0.05, 0) is 48.2 Å². The van der Waals surface area contributed by atoms with E-state index in [2.05, 4.69) is 19.1 Å². The number of nitrogens with zero attached hydrogens (tertiary/aromatic N) is 1. The minimum Gasteiger partial charge on any atom is -0.497 e. The number of hydrogen-bond acceptors (Lipinski definition) is 2. The minimum absolute atomic E-state index is 0.420. The molecule has 0 aliphatic rings. The van der Waals surface area contributed by atoms with Crippen molar-refractivity contribution in [1.29, 1.82) is 0 Å². The lowest BCUT2D eigenvalue weighted by Crippen LogP contribution is -2.35. The predicted molar refractivity (Wildman–Crippen MR) is 112 cm³/mol. The molecule has 0 heterocycles. The average molecular weight is 369 g/mol. The van der Waals surface area contributed by atoms with Gasteiger partial charge in [0.25, 0.3) is 0 Å². The maximum Gasteiger partial charge on any atom is 0.319 e. The molecule has 0 aromatic heterocycles. The van der Waals surface area contributed by atoms with Crippen molar-refractivity contribution < 1.29 is 9.53 Å². The molecule has 2 amide bonds. The molecule has 2 aromatic carbocycles. The van der Waals surface area contributed by atoms with Gasteiger partial charge in [-0.1, -0.05) is 63.3 Å². The first kappa shape index (κ1) is 20.8. The van der Waals surface area contributed by atoms with Crippen LogP contribution in [0.15, 0.2) is 48.5 Å². The number of anilines is 1. The second kappa shape index (κ2) is 11.3. The molecule has 27 heavy (non-hydrogen) atoms. The van der Waals surface area contributed by atoms with Crippen molar-refractivity contribution in [2.75, 3.05) is 12.0 Å². The number of ether oxygens (including phenoxy) is 1. The number of carbonyl (C=O) groups excluding carboxylic acids is 1. The van der Waals surface area contributed by atoms with E-state index in [9.17, 15) is 4.79 Å². The third-order valence-electron chi connectivity index (χ3n) is 4.81. The summed E-state index contributed by atoms with van der Waals surface area (Å²) < 4.78 is 5.25. The van der Waals surface area contributed by atoms with Crippen molar-refractivity contribution in [3.63, 3.8) is 0 Å². The van der Waals surface area contributed by atoms with Crippen LogP contribution in [0.5, 0.6) is 5.75 Å². The van der Waals surface area contributed by atoms with E-state index in [1.807, 2.05) is 36.4 Å². The van der Waals surface area contributed by atoms with E-state index in [0.29, 0.717) is 6.54 Å². The Morgan fingerprint density at radius 3 is 2.33 bits per heavy atom. The Labute approximate surface area is 163 Å². The van der Waals surface area contributed by atoms with Crippen LogP contribution in [0.4, 0.5) is 10.5 Å². The summed E-state index contributed by atoms with van der Waals surface area (Å²) in [4.78, 5) is 13.5. The predicted octanol–water partition coefficient (Wildman–Crippen LogP) is 5.68. The maximum atomic E-state index is 12.0. The molecule has 0 saturated heterocycles. The molecule has 0 unspecified atom stereocenters. The Balaban J connectivity index is 1.94. The quantitative estimate of drug-likeness (QED) is 0.518. The third kappa shape index (κ3) is 6.97. The van der Waals surface area contributed by atoms with Crippen LogP contribution in [-0.4, -0.2) is 13.1 Å². The fourth-order valence-corrected chi connectivity index (χ4v) is 3.20. The van der Waals surface area contributed by atoms with Gasteiger partial charge in [0.15, 0.2) is 0 Å². The number of methoxy groups -OCH3 is 1. The Morgan fingerprint density at radius 1 is 0.963 bits per heavy atom. The molecule has 0 fully saturated rings. The van der Waals surface area contributed by atoms with E-state index in [1.165, 1.54) is 44.1 Å². The zero-order valence-corrected chi connectivity index (χ0v) is 16.6. The Hall–Kier alpha value is -2.49. The Kier molecular flexibility index (Phi) is 8.69. The molecular weight excluding hydrogens is 336 g/mol. The second-order valence-corrected chi connectivity index (χ2v) is 6.96. The number of rotatable bonds is 11. The highest BCUT2D eigenvalue weighted by Crippen LogP contribution is 2.21. The number of carbonyl (C=O) groups is 1. The van der Waals surface area contributed by atoms with Gasteiger partial charge in [0, 0.05) is 5.69 Å². The molecule has 0 aliphatic heterocycles. The van der Waals surface area contributed by atoms with Gasteiger partial charge in [-0.3, -0.25) is 4.90 Å². The van der Waals surface area contributed by atoms with Crippen LogP contribution < -0.4 is 15.4 Å². The zero-order chi connectivity index (χ0) is 19.5. The molecule has 4 heteroatoms. The number of benzene rings is 2. The fraction of sp³-hybridized carbons (Fsp3) is 0.435. The van der Waals surface area contributed by atoms with E-state index in [1.54, 1.807) is 12.0 Å². The summed E-state index contributed by atoms with van der Waals surface area (Å²) in [5.41, 5.74) is 8.72. The summed E-state index contributed by atoms with van der Waals surface area (Å²) in [5, 5.41) is 0. The summed E-state index contributed by atoms with van der Waals surface area (Å²) in [7, 11) is 1.63. The summed E-state index contributed by atoms with van der Waals surface area (Å²) in [6.07, 6.45) is 8.87. The van der Waals surface area contributed by atoms with Crippen molar-refractivity contribution in [2.45, 2.75) is 58.4 Å². The lowest BCUT2D eigenvalue weighted by molar-refractivity contribution is 0.253.